The van der Waals surface area contributed by atoms with Gasteiger partial charge < -0.3 is 19.7 Å². The van der Waals surface area contributed by atoms with Crippen molar-refractivity contribution in [1.82, 2.24) is 15.0 Å². The molecule has 0 aromatic carbocycles. The molecule has 2 aromatic rings. The molecule has 2 N–H and O–H groups in total. The Kier molecular flexibility index (Phi) is 4.65. The number of nitrogens with zero attached hydrogens (tertiary/aromatic N) is 2. The average Bonchev–Trinajstić information content (AvgIpc) is 2.75. The lowest BCUT2D eigenvalue weighted by atomic mass is 10.1. The molecule has 0 spiro atoms. The van der Waals surface area contributed by atoms with Crippen LogP contribution in [0.3, 0.4) is 0 Å². The molecule has 0 aliphatic carbocycles. The molecule has 0 saturated heterocycles. The van der Waals surface area contributed by atoms with E-state index in [0.717, 1.165) is 17.0 Å². The van der Waals surface area contributed by atoms with Crippen molar-refractivity contribution in [3.63, 3.8) is 0 Å². The van der Waals surface area contributed by atoms with Crippen molar-refractivity contribution >= 4 is 11.7 Å². The largest absolute Gasteiger partial charge is 0.361 e. The van der Waals surface area contributed by atoms with Crippen LogP contribution in [0.4, 0.5) is 10.5 Å². The number of aryl methyl sites for hydroxylation is 3. The van der Waals surface area contributed by atoms with Crippen molar-refractivity contribution in [2.24, 2.45) is 7.05 Å². The van der Waals surface area contributed by atoms with Gasteiger partial charge in [0, 0.05) is 24.8 Å². The molecule has 0 aliphatic heterocycles. The lowest BCUT2D eigenvalue weighted by Crippen LogP contribution is -2.39. The molecule has 0 bridgehead atoms. The van der Waals surface area contributed by atoms with Gasteiger partial charge in [0.2, 0.25) is 0 Å². The Balaban J connectivity index is 1.97. The van der Waals surface area contributed by atoms with Crippen molar-refractivity contribution in [3.8, 4) is 0 Å². The topological polar surface area (TPSA) is 89.2 Å². The Labute approximate surface area is 128 Å². The van der Waals surface area contributed by atoms with E-state index in [1.165, 1.54) is 4.57 Å². The molecule has 2 aromatic heterocycles. The third-order valence-corrected chi connectivity index (χ3v) is 3.44. The fraction of sp³-hybridized carbons (Fsp3) is 0.400. The number of carbonyl (C=O) groups excluding carboxylic acids is 1. The van der Waals surface area contributed by atoms with Crippen molar-refractivity contribution in [3.05, 3.63) is 45.7 Å². The van der Waals surface area contributed by atoms with Gasteiger partial charge in [0.1, 0.15) is 11.4 Å². The highest BCUT2D eigenvalue weighted by molar-refractivity contribution is 5.89. The van der Waals surface area contributed by atoms with Crippen LogP contribution in [-0.2, 0) is 13.5 Å². The normalized spacial score (nSPS) is 12.0. The number of pyridine rings is 1. The van der Waals surface area contributed by atoms with Gasteiger partial charge in [-0.2, -0.15) is 0 Å². The zero-order valence-corrected chi connectivity index (χ0v) is 13.1. The second-order valence-corrected chi connectivity index (χ2v) is 5.34. The first-order valence-electron chi connectivity index (χ1n) is 7.03. The molecule has 0 aliphatic rings. The molecule has 7 heteroatoms. The SMILES string of the molecule is Cc1noc(C)c1C[C@H](C)NC(=O)Nc1cccn(C)c1=O. The van der Waals surface area contributed by atoms with Crippen LogP contribution in [0.1, 0.15) is 23.9 Å². The van der Waals surface area contributed by atoms with E-state index < -0.39 is 6.03 Å². The minimum Gasteiger partial charge on any atom is -0.361 e. The van der Waals surface area contributed by atoms with Gasteiger partial charge in [-0.15, -0.1) is 0 Å². The summed E-state index contributed by atoms with van der Waals surface area (Å²) in [6.45, 7) is 5.59. The van der Waals surface area contributed by atoms with E-state index in [4.69, 9.17) is 4.52 Å². The molecule has 0 radical (unpaired) electrons. The van der Waals surface area contributed by atoms with Gasteiger partial charge in [0.05, 0.1) is 5.69 Å². The molecule has 0 saturated carbocycles. The van der Waals surface area contributed by atoms with Crippen LogP contribution in [0.25, 0.3) is 0 Å². The predicted octanol–water partition coefficient (Wildman–Crippen LogP) is 1.74. The van der Waals surface area contributed by atoms with Gasteiger partial charge >= 0.3 is 6.03 Å². The van der Waals surface area contributed by atoms with Gasteiger partial charge in [-0.1, -0.05) is 5.16 Å². The maximum Gasteiger partial charge on any atom is 0.319 e. The van der Waals surface area contributed by atoms with E-state index in [1.807, 2.05) is 20.8 Å². The van der Waals surface area contributed by atoms with E-state index in [0.29, 0.717) is 6.42 Å². The quantitative estimate of drug-likeness (QED) is 0.900. The van der Waals surface area contributed by atoms with Crippen LogP contribution in [0.5, 0.6) is 0 Å². The molecule has 22 heavy (non-hydrogen) atoms. The number of hydrogen-bond acceptors (Lipinski definition) is 4. The monoisotopic (exact) mass is 304 g/mol. The van der Waals surface area contributed by atoms with E-state index in [2.05, 4.69) is 15.8 Å². The standard InChI is InChI=1S/C15H20N4O3/c1-9(8-12-10(2)18-22-11(12)3)16-15(21)17-13-6-5-7-19(4)14(13)20/h5-7,9H,8H2,1-4H3,(H2,16,17,21)/t9-/m0/s1. The minimum absolute atomic E-state index is 0.121. The molecule has 1 atom stereocenters. The second kappa shape index (κ2) is 6.46. The van der Waals surface area contributed by atoms with Gasteiger partial charge in [0.25, 0.3) is 5.56 Å². The Morgan fingerprint density at radius 1 is 1.45 bits per heavy atom. The fourth-order valence-electron chi connectivity index (χ4n) is 2.23. The minimum atomic E-state index is -0.414. The van der Waals surface area contributed by atoms with Crippen LogP contribution in [0.15, 0.2) is 27.6 Å². The lowest BCUT2D eigenvalue weighted by molar-refractivity contribution is 0.249. The van der Waals surface area contributed by atoms with E-state index >= 15 is 0 Å². The number of nitrogens with one attached hydrogen (secondary N) is 2. The summed E-state index contributed by atoms with van der Waals surface area (Å²) >= 11 is 0. The summed E-state index contributed by atoms with van der Waals surface area (Å²) in [7, 11) is 1.63. The fourth-order valence-corrected chi connectivity index (χ4v) is 2.23. The zero-order valence-electron chi connectivity index (χ0n) is 13.1. The molecule has 118 valence electrons. The highest BCUT2D eigenvalue weighted by Crippen LogP contribution is 2.14. The number of rotatable bonds is 4. The van der Waals surface area contributed by atoms with Crippen molar-refractivity contribution in [2.75, 3.05) is 5.32 Å². The summed E-state index contributed by atoms with van der Waals surface area (Å²) < 4.78 is 6.51. The van der Waals surface area contributed by atoms with Gasteiger partial charge in [-0.25, -0.2) is 4.79 Å². The lowest BCUT2D eigenvalue weighted by Gasteiger charge is -2.14. The van der Waals surface area contributed by atoms with Crippen molar-refractivity contribution in [2.45, 2.75) is 33.2 Å². The maximum atomic E-state index is 12.0. The molecular formula is C15H20N4O3. The van der Waals surface area contributed by atoms with Gasteiger partial charge in [0.15, 0.2) is 0 Å². The number of aromatic nitrogens is 2. The van der Waals surface area contributed by atoms with Crippen LogP contribution >= 0.6 is 0 Å². The second-order valence-electron chi connectivity index (χ2n) is 5.34. The van der Waals surface area contributed by atoms with E-state index in [1.54, 1.807) is 25.4 Å². The molecule has 2 rings (SSSR count). The maximum absolute atomic E-state index is 12.0. The third-order valence-electron chi connectivity index (χ3n) is 3.44. The zero-order chi connectivity index (χ0) is 16.3. The molecule has 0 fully saturated rings. The van der Waals surface area contributed by atoms with Crippen molar-refractivity contribution < 1.29 is 9.32 Å². The van der Waals surface area contributed by atoms with E-state index in [9.17, 15) is 9.59 Å². The van der Waals surface area contributed by atoms with Crippen LogP contribution in [-0.4, -0.2) is 21.8 Å². The molecular weight excluding hydrogens is 284 g/mol. The molecule has 7 nitrogen and oxygen atoms in total. The predicted molar refractivity (Wildman–Crippen MR) is 83.0 cm³/mol. The Bertz CT molecular complexity index is 713. The number of amides is 2. The molecule has 2 amide bonds. The Morgan fingerprint density at radius 2 is 2.18 bits per heavy atom. The summed E-state index contributed by atoms with van der Waals surface area (Å²) in [5.41, 5.74) is 1.80. The van der Waals surface area contributed by atoms with Crippen LogP contribution in [0.2, 0.25) is 0 Å². The number of hydrogen-bond donors (Lipinski definition) is 2. The van der Waals surface area contributed by atoms with Crippen molar-refractivity contribution in [1.29, 1.82) is 0 Å². The summed E-state index contributed by atoms with van der Waals surface area (Å²) in [5.74, 6) is 0.753. The molecule has 0 unspecified atom stereocenters. The van der Waals surface area contributed by atoms with Gasteiger partial charge in [-0.3, -0.25) is 4.79 Å². The van der Waals surface area contributed by atoms with Gasteiger partial charge in [-0.05, 0) is 39.3 Å². The first-order chi connectivity index (χ1) is 10.4. The Hall–Kier alpha value is -2.57. The highest BCUT2D eigenvalue weighted by atomic mass is 16.5. The first kappa shape index (κ1) is 15.8. The highest BCUT2D eigenvalue weighted by Gasteiger charge is 2.15. The van der Waals surface area contributed by atoms with Crippen LogP contribution in [0, 0.1) is 13.8 Å². The van der Waals surface area contributed by atoms with Crippen LogP contribution < -0.4 is 16.2 Å². The number of urea groups is 1. The summed E-state index contributed by atoms with van der Waals surface area (Å²) in [6.07, 6.45) is 2.24. The smallest absolute Gasteiger partial charge is 0.319 e. The number of carbonyl (C=O) groups is 1. The summed E-state index contributed by atoms with van der Waals surface area (Å²) in [6, 6.07) is 2.73. The number of anilines is 1. The van der Waals surface area contributed by atoms with E-state index in [-0.39, 0.29) is 17.3 Å². The molecule has 2 heterocycles. The average molecular weight is 304 g/mol. The Morgan fingerprint density at radius 3 is 2.82 bits per heavy atom. The summed E-state index contributed by atoms with van der Waals surface area (Å²) in [4.78, 5) is 23.8. The third kappa shape index (κ3) is 3.55. The first-order valence-corrected chi connectivity index (χ1v) is 7.03. The summed E-state index contributed by atoms with van der Waals surface area (Å²) in [5, 5.41) is 9.26.